The molecule has 1 aromatic carbocycles. The molecule has 0 N–H and O–H groups in total. The molecule has 0 aromatic heterocycles. The highest BCUT2D eigenvalue weighted by Crippen LogP contribution is 2.58. The normalized spacial score (nSPS) is 21.2. The van der Waals surface area contributed by atoms with E-state index in [0.717, 1.165) is 20.1 Å². The number of hydrogen-bond acceptors (Lipinski definition) is 0. The van der Waals surface area contributed by atoms with Crippen molar-refractivity contribution in [3.63, 3.8) is 0 Å². The van der Waals surface area contributed by atoms with Crippen molar-refractivity contribution >= 4 is 101 Å². The van der Waals surface area contributed by atoms with Gasteiger partial charge in [-0.2, -0.15) is 0 Å². The smallest absolute Gasteiger partial charge is 0.0651 e. The molecule has 1 aromatic rings. The van der Waals surface area contributed by atoms with Gasteiger partial charge in [-0.1, -0.05) is 108 Å². The quantitative estimate of drug-likeness (QED) is 0.291. The fraction of sp³-hybridized carbons (Fsp3) is 0.167. The van der Waals surface area contributed by atoms with Crippen LogP contribution in [0.5, 0.6) is 0 Å². The topological polar surface area (TPSA) is 0 Å². The molecule has 2 rings (SSSR count). The molecule has 0 spiro atoms. The second-order valence-electron chi connectivity index (χ2n) is 3.80. The van der Waals surface area contributed by atoms with Gasteiger partial charge in [0.2, 0.25) is 0 Å². The number of benzene rings is 1. The third-order valence-electron chi connectivity index (χ3n) is 2.50. The van der Waals surface area contributed by atoms with E-state index in [1.807, 2.05) is 12.1 Å². The van der Waals surface area contributed by atoms with E-state index in [4.69, 9.17) is 0 Å². The zero-order valence-corrected chi connectivity index (χ0v) is 18.2. The van der Waals surface area contributed by atoms with Crippen LogP contribution in [0.25, 0.3) is 5.57 Å². The summed E-state index contributed by atoms with van der Waals surface area (Å²) >= 11 is 21.7. The Morgan fingerprint density at radius 3 is 2.17 bits per heavy atom. The van der Waals surface area contributed by atoms with Gasteiger partial charge in [-0.25, -0.2) is 0 Å². The average molecular weight is 630 g/mol. The van der Waals surface area contributed by atoms with E-state index in [9.17, 15) is 0 Å². The first kappa shape index (κ1) is 16.0. The minimum atomic E-state index is -0.418. The van der Waals surface area contributed by atoms with Crippen LogP contribution in [0.15, 0.2) is 45.4 Å². The van der Waals surface area contributed by atoms with Crippen LogP contribution in [-0.4, -0.2) is 6.47 Å². The summed E-state index contributed by atoms with van der Waals surface area (Å²) in [5.41, 5.74) is 2.28. The molecule has 0 atom stereocenters. The molecule has 0 bridgehead atoms. The third kappa shape index (κ3) is 3.08. The SMILES string of the molecule is BrC1=CC(c2cccc(Br)c2)=CC(Br)(Br)C1(Br)Br. The Hall–Kier alpha value is 1.58. The maximum Gasteiger partial charge on any atom is 0.140 e. The first-order chi connectivity index (χ1) is 8.24. The highest BCUT2D eigenvalue weighted by Gasteiger charge is 2.47. The van der Waals surface area contributed by atoms with Gasteiger partial charge in [0.05, 0.1) is 0 Å². The zero-order valence-electron chi connectivity index (χ0n) is 8.73. The summed E-state index contributed by atoms with van der Waals surface area (Å²) in [6.07, 6.45) is 4.20. The molecule has 0 heterocycles. The molecule has 18 heavy (non-hydrogen) atoms. The lowest BCUT2D eigenvalue weighted by molar-refractivity contribution is 1.01. The van der Waals surface area contributed by atoms with Gasteiger partial charge in [-0.3, -0.25) is 0 Å². The lowest BCUT2D eigenvalue weighted by Gasteiger charge is -2.36. The van der Waals surface area contributed by atoms with Crippen LogP contribution < -0.4 is 0 Å². The number of alkyl halides is 4. The standard InChI is InChI=1S/C12H6Br6/c13-9-3-1-2-7(4-9)8-5-10(14)12(17,18)11(15,16)6-8/h1-6H. The minimum absolute atomic E-state index is 0.414. The molecular weight excluding hydrogens is 624 g/mol. The van der Waals surface area contributed by atoms with E-state index < -0.39 is 6.47 Å². The van der Waals surface area contributed by atoms with E-state index in [1.165, 1.54) is 0 Å². The monoisotopic (exact) mass is 624 g/mol. The summed E-state index contributed by atoms with van der Waals surface area (Å²) in [6, 6.07) is 8.21. The van der Waals surface area contributed by atoms with Gasteiger partial charge < -0.3 is 0 Å². The van der Waals surface area contributed by atoms with E-state index in [2.05, 4.69) is 120 Å². The summed E-state index contributed by atoms with van der Waals surface area (Å²) in [4.78, 5) is 0. The maximum atomic E-state index is 3.67. The summed E-state index contributed by atoms with van der Waals surface area (Å²) in [5, 5.41) is 0. The van der Waals surface area contributed by atoms with Crippen LogP contribution in [0.1, 0.15) is 5.56 Å². The van der Waals surface area contributed by atoms with Crippen molar-refractivity contribution in [3.05, 3.63) is 50.9 Å². The van der Waals surface area contributed by atoms with Crippen LogP contribution in [0.3, 0.4) is 0 Å². The molecule has 0 aliphatic heterocycles. The fourth-order valence-corrected chi connectivity index (χ4v) is 4.42. The van der Waals surface area contributed by atoms with E-state index >= 15 is 0 Å². The van der Waals surface area contributed by atoms with Crippen LogP contribution in [0.4, 0.5) is 0 Å². The summed E-state index contributed by atoms with van der Waals surface area (Å²) in [6.45, 7) is 0. The average Bonchev–Trinajstić information content (AvgIpc) is 2.25. The van der Waals surface area contributed by atoms with Gasteiger partial charge >= 0.3 is 0 Å². The van der Waals surface area contributed by atoms with E-state index in [1.54, 1.807) is 0 Å². The largest absolute Gasteiger partial charge is 0.140 e. The van der Waals surface area contributed by atoms with Crippen molar-refractivity contribution in [2.45, 2.75) is 6.47 Å². The molecule has 0 nitrogen and oxygen atoms in total. The van der Waals surface area contributed by atoms with Crippen LogP contribution >= 0.6 is 95.6 Å². The molecule has 0 unspecified atom stereocenters. The minimum Gasteiger partial charge on any atom is -0.0651 e. The molecule has 0 amide bonds. The van der Waals surface area contributed by atoms with E-state index in [0.29, 0.717) is 0 Å². The highest BCUT2D eigenvalue weighted by molar-refractivity contribution is 9.31. The second kappa shape index (κ2) is 5.76. The first-order valence-electron chi connectivity index (χ1n) is 4.86. The molecule has 0 saturated heterocycles. The Labute approximate surface area is 156 Å². The van der Waals surface area contributed by atoms with Gasteiger partial charge in [0.15, 0.2) is 0 Å². The molecular formula is C12H6Br6. The van der Waals surface area contributed by atoms with Gasteiger partial charge in [0, 0.05) is 8.96 Å². The number of halogens is 6. The van der Waals surface area contributed by atoms with Gasteiger partial charge in [-0.05, 0) is 35.4 Å². The summed E-state index contributed by atoms with van der Waals surface area (Å²) in [5.74, 6) is 0. The molecule has 1 aliphatic carbocycles. The maximum absolute atomic E-state index is 3.67. The molecule has 1 aliphatic rings. The summed E-state index contributed by atoms with van der Waals surface area (Å²) in [7, 11) is 0. The molecule has 0 fully saturated rings. The second-order valence-corrected chi connectivity index (χ2v) is 12.6. The van der Waals surface area contributed by atoms with Crippen molar-refractivity contribution in [1.29, 1.82) is 0 Å². The summed E-state index contributed by atoms with van der Waals surface area (Å²) < 4.78 is 1.23. The third-order valence-corrected chi connectivity index (χ3v) is 10.8. The van der Waals surface area contributed by atoms with Crippen molar-refractivity contribution in [2.24, 2.45) is 0 Å². The van der Waals surface area contributed by atoms with Crippen molar-refractivity contribution in [2.75, 3.05) is 0 Å². The Kier molecular flexibility index (Phi) is 5.11. The van der Waals surface area contributed by atoms with Crippen molar-refractivity contribution in [3.8, 4) is 0 Å². The van der Waals surface area contributed by atoms with Crippen LogP contribution in [0.2, 0.25) is 0 Å². The number of rotatable bonds is 1. The Balaban J connectivity index is 2.52. The van der Waals surface area contributed by atoms with E-state index in [-0.39, 0.29) is 0 Å². The lowest BCUT2D eigenvalue weighted by Crippen LogP contribution is -2.35. The Morgan fingerprint density at radius 2 is 1.61 bits per heavy atom. The predicted octanol–water partition coefficient (Wildman–Crippen LogP) is 7.10. The van der Waals surface area contributed by atoms with Crippen molar-refractivity contribution < 1.29 is 0 Å². The van der Waals surface area contributed by atoms with Gasteiger partial charge in [0.25, 0.3) is 0 Å². The van der Waals surface area contributed by atoms with Crippen molar-refractivity contribution in [1.82, 2.24) is 0 Å². The molecule has 96 valence electrons. The first-order valence-corrected chi connectivity index (χ1v) is 9.62. The zero-order chi connectivity index (χ0) is 13.6. The Morgan fingerprint density at radius 1 is 0.944 bits per heavy atom. The molecule has 0 saturated carbocycles. The van der Waals surface area contributed by atoms with Gasteiger partial charge in [0.1, 0.15) is 6.47 Å². The van der Waals surface area contributed by atoms with Crippen LogP contribution in [-0.2, 0) is 0 Å². The molecule has 0 radical (unpaired) electrons. The lowest BCUT2D eigenvalue weighted by atomic mass is 9.99. The molecule has 6 heteroatoms. The van der Waals surface area contributed by atoms with Gasteiger partial charge in [-0.15, -0.1) is 0 Å². The Bertz CT molecular complexity index is 541. The number of allylic oxidation sites excluding steroid dienone is 4. The van der Waals surface area contributed by atoms with Crippen LogP contribution in [0, 0.1) is 0 Å². The fourth-order valence-electron chi connectivity index (χ4n) is 1.55. The number of hydrogen-bond donors (Lipinski definition) is 0. The predicted molar refractivity (Wildman–Crippen MR) is 100 cm³/mol. The highest BCUT2D eigenvalue weighted by atomic mass is 79.9.